The summed E-state index contributed by atoms with van der Waals surface area (Å²) in [6, 6.07) is 3.66. The SMILES string of the molecule is CC(C)(C)c1cc(C(C)(C)O)c2c(c1)C(C)(C)OS2(=O)=O. The van der Waals surface area contributed by atoms with Crippen LogP contribution in [0.2, 0.25) is 0 Å². The quantitative estimate of drug-likeness (QED) is 0.809. The molecule has 1 heterocycles. The first-order valence-corrected chi connectivity index (χ1v) is 8.44. The Morgan fingerprint density at radius 2 is 1.62 bits per heavy atom. The average Bonchev–Trinajstić information content (AvgIpc) is 2.41. The maximum Gasteiger partial charge on any atom is 0.298 e. The van der Waals surface area contributed by atoms with Crippen molar-refractivity contribution in [3.63, 3.8) is 0 Å². The van der Waals surface area contributed by atoms with Crippen LogP contribution in [0.15, 0.2) is 17.0 Å². The number of hydrogen-bond donors (Lipinski definition) is 1. The lowest BCUT2D eigenvalue weighted by Crippen LogP contribution is -2.22. The highest BCUT2D eigenvalue weighted by atomic mass is 32.2. The minimum absolute atomic E-state index is 0.119. The monoisotopic (exact) mass is 312 g/mol. The highest BCUT2D eigenvalue weighted by Gasteiger charge is 2.46. The molecule has 5 heteroatoms. The van der Waals surface area contributed by atoms with Crippen LogP contribution in [0.25, 0.3) is 0 Å². The fraction of sp³-hybridized carbons (Fsp3) is 0.625. The van der Waals surface area contributed by atoms with Crippen LogP contribution in [0, 0.1) is 0 Å². The zero-order valence-electron chi connectivity index (χ0n) is 13.7. The van der Waals surface area contributed by atoms with Gasteiger partial charge in [0.2, 0.25) is 0 Å². The van der Waals surface area contributed by atoms with E-state index < -0.39 is 21.3 Å². The lowest BCUT2D eigenvalue weighted by Gasteiger charge is -2.27. The molecule has 0 fully saturated rings. The second-order valence-corrected chi connectivity index (χ2v) is 9.24. The Balaban J connectivity index is 2.94. The predicted octanol–water partition coefficient (Wildman–Crippen LogP) is 3.17. The summed E-state index contributed by atoms with van der Waals surface area (Å²) >= 11 is 0. The standard InChI is InChI=1S/C16H24O4S/c1-14(2,3)10-8-11(15(4,5)17)13-12(9-10)16(6,7)20-21(13,18)19/h8-9,17H,1-7H3. The minimum Gasteiger partial charge on any atom is -0.386 e. The van der Waals surface area contributed by atoms with E-state index in [0.29, 0.717) is 11.1 Å². The van der Waals surface area contributed by atoms with Crippen LogP contribution >= 0.6 is 0 Å². The summed E-state index contributed by atoms with van der Waals surface area (Å²) in [6.07, 6.45) is 0. The van der Waals surface area contributed by atoms with Crippen molar-refractivity contribution in [2.24, 2.45) is 0 Å². The van der Waals surface area contributed by atoms with E-state index in [0.717, 1.165) is 5.56 Å². The third-order valence-corrected chi connectivity index (χ3v) is 5.41. The van der Waals surface area contributed by atoms with Gasteiger partial charge in [0.25, 0.3) is 10.1 Å². The lowest BCUT2D eigenvalue weighted by atomic mass is 9.80. The highest BCUT2D eigenvalue weighted by molar-refractivity contribution is 7.87. The summed E-state index contributed by atoms with van der Waals surface area (Å²) < 4.78 is 30.0. The zero-order chi connectivity index (χ0) is 16.4. The van der Waals surface area contributed by atoms with Gasteiger partial charge in [-0.1, -0.05) is 32.9 Å². The molecular formula is C16H24O4S. The van der Waals surface area contributed by atoms with E-state index in [1.165, 1.54) is 0 Å². The predicted molar refractivity (Wildman–Crippen MR) is 81.7 cm³/mol. The van der Waals surface area contributed by atoms with Gasteiger partial charge >= 0.3 is 0 Å². The van der Waals surface area contributed by atoms with Gasteiger partial charge in [-0.25, -0.2) is 0 Å². The van der Waals surface area contributed by atoms with Gasteiger partial charge in [0.15, 0.2) is 0 Å². The fourth-order valence-electron chi connectivity index (χ4n) is 2.59. The van der Waals surface area contributed by atoms with Gasteiger partial charge in [-0.2, -0.15) is 8.42 Å². The normalized spacial score (nSPS) is 20.4. The Morgan fingerprint density at radius 3 is 2.05 bits per heavy atom. The summed E-state index contributed by atoms with van der Waals surface area (Å²) in [5, 5.41) is 10.4. The number of hydrogen-bond acceptors (Lipinski definition) is 4. The Morgan fingerprint density at radius 1 is 1.10 bits per heavy atom. The summed E-state index contributed by atoms with van der Waals surface area (Å²) in [6.45, 7) is 12.8. The van der Waals surface area contributed by atoms with Crippen molar-refractivity contribution in [3.8, 4) is 0 Å². The van der Waals surface area contributed by atoms with Crippen LogP contribution in [0.3, 0.4) is 0 Å². The third-order valence-electron chi connectivity index (χ3n) is 3.83. The first kappa shape index (κ1) is 16.5. The second-order valence-electron chi connectivity index (χ2n) is 7.76. The molecule has 0 aliphatic carbocycles. The molecule has 0 saturated carbocycles. The van der Waals surface area contributed by atoms with Gasteiger partial charge in [-0.05, 0) is 38.7 Å². The van der Waals surface area contributed by atoms with Crippen LogP contribution in [0.5, 0.6) is 0 Å². The average molecular weight is 312 g/mol. The van der Waals surface area contributed by atoms with Crippen molar-refractivity contribution in [2.75, 3.05) is 0 Å². The van der Waals surface area contributed by atoms with Gasteiger partial charge in [-0.3, -0.25) is 4.18 Å². The molecule has 1 aromatic rings. The van der Waals surface area contributed by atoms with Crippen molar-refractivity contribution in [2.45, 2.75) is 70.0 Å². The van der Waals surface area contributed by atoms with E-state index >= 15 is 0 Å². The van der Waals surface area contributed by atoms with Crippen LogP contribution in [-0.2, 0) is 30.9 Å². The zero-order valence-corrected chi connectivity index (χ0v) is 14.6. The number of aliphatic hydroxyl groups is 1. The van der Waals surface area contributed by atoms with Gasteiger partial charge in [0.05, 0.1) is 5.60 Å². The largest absolute Gasteiger partial charge is 0.386 e. The summed E-state index contributed by atoms with van der Waals surface area (Å²) in [5.74, 6) is 0. The molecule has 0 unspecified atom stereocenters. The van der Waals surface area contributed by atoms with E-state index in [-0.39, 0.29) is 10.3 Å². The first-order valence-electron chi connectivity index (χ1n) is 7.04. The van der Waals surface area contributed by atoms with E-state index in [1.54, 1.807) is 33.8 Å². The Hall–Kier alpha value is -0.910. The molecule has 118 valence electrons. The van der Waals surface area contributed by atoms with E-state index in [1.807, 2.05) is 6.07 Å². The van der Waals surface area contributed by atoms with Crippen LogP contribution in [0.4, 0.5) is 0 Å². The molecule has 21 heavy (non-hydrogen) atoms. The molecule has 1 N–H and O–H groups in total. The number of benzene rings is 1. The molecule has 1 aliphatic heterocycles. The topological polar surface area (TPSA) is 63.6 Å². The van der Waals surface area contributed by atoms with Crippen molar-refractivity contribution in [1.29, 1.82) is 0 Å². The summed E-state index contributed by atoms with van der Waals surface area (Å²) in [4.78, 5) is 0.119. The van der Waals surface area contributed by atoms with Gasteiger partial charge in [0, 0.05) is 11.1 Å². The molecular weight excluding hydrogens is 288 g/mol. The molecule has 0 aromatic heterocycles. The van der Waals surface area contributed by atoms with Gasteiger partial charge in [-0.15, -0.1) is 0 Å². The van der Waals surface area contributed by atoms with Gasteiger partial charge in [0.1, 0.15) is 10.5 Å². The van der Waals surface area contributed by atoms with Crippen molar-refractivity contribution in [3.05, 3.63) is 28.8 Å². The number of rotatable bonds is 1. The highest BCUT2D eigenvalue weighted by Crippen LogP contribution is 2.46. The summed E-state index contributed by atoms with van der Waals surface area (Å²) in [5.41, 5.74) is -0.343. The molecule has 1 aromatic carbocycles. The molecule has 0 bridgehead atoms. The minimum atomic E-state index is -3.85. The third kappa shape index (κ3) is 2.74. The molecule has 0 spiro atoms. The first-order chi connectivity index (χ1) is 9.16. The Bertz CT molecular complexity index is 686. The lowest BCUT2D eigenvalue weighted by molar-refractivity contribution is 0.0752. The second kappa shape index (κ2) is 4.31. The number of fused-ring (bicyclic) bond motifs is 1. The molecule has 0 amide bonds. The van der Waals surface area contributed by atoms with Gasteiger partial charge < -0.3 is 5.11 Å². The smallest absolute Gasteiger partial charge is 0.298 e. The van der Waals surface area contributed by atoms with Crippen LogP contribution in [0.1, 0.15) is 65.2 Å². The Labute approximate surface area is 127 Å². The molecule has 1 aliphatic rings. The maximum atomic E-state index is 12.4. The van der Waals surface area contributed by atoms with Crippen LogP contribution in [-0.4, -0.2) is 13.5 Å². The van der Waals surface area contributed by atoms with E-state index in [2.05, 4.69) is 20.8 Å². The molecule has 0 atom stereocenters. The van der Waals surface area contributed by atoms with Crippen LogP contribution < -0.4 is 0 Å². The van der Waals surface area contributed by atoms with Crippen molar-refractivity contribution >= 4 is 10.1 Å². The van der Waals surface area contributed by atoms with Crippen molar-refractivity contribution < 1.29 is 17.7 Å². The Kier molecular flexibility index (Phi) is 3.38. The molecule has 4 nitrogen and oxygen atoms in total. The van der Waals surface area contributed by atoms with E-state index in [9.17, 15) is 13.5 Å². The molecule has 2 rings (SSSR count). The summed E-state index contributed by atoms with van der Waals surface area (Å²) in [7, 11) is -3.85. The molecule has 0 radical (unpaired) electrons. The maximum absolute atomic E-state index is 12.4. The van der Waals surface area contributed by atoms with Crippen molar-refractivity contribution in [1.82, 2.24) is 0 Å². The molecule has 0 saturated heterocycles. The fourth-order valence-corrected chi connectivity index (χ4v) is 4.47. The van der Waals surface area contributed by atoms with E-state index in [4.69, 9.17) is 4.18 Å².